The molecular weight excluding hydrogens is 288 g/mol. The molecule has 0 amide bonds. The van der Waals surface area contributed by atoms with Gasteiger partial charge in [0.15, 0.2) is 5.96 Å². The van der Waals surface area contributed by atoms with Gasteiger partial charge in [-0.3, -0.25) is 4.99 Å². The number of likely N-dealkylation sites (tertiary alicyclic amines) is 1. The highest BCUT2D eigenvalue weighted by Gasteiger charge is 2.29. The second-order valence-corrected chi connectivity index (χ2v) is 7.26. The van der Waals surface area contributed by atoms with Crippen molar-refractivity contribution in [3.8, 4) is 0 Å². The van der Waals surface area contributed by atoms with E-state index < -0.39 is 0 Å². The zero-order valence-corrected chi connectivity index (χ0v) is 15.4. The lowest BCUT2D eigenvalue weighted by molar-refractivity contribution is 0.0283. The third kappa shape index (κ3) is 6.30. The van der Waals surface area contributed by atoms with E-state index in [-0.39, 0.29) is 5.60 Å². The second kappa shape index (κ2) is 9.48. The van der Waals surface area contributed by atoms with Crippen LogP contribution in [0.25, 0.3) is 0 Å². The molecule has 0 aromatic heterocycles. The van der Waals surface area contributed by atoms with Crippen LogP contribution in [0.4, 0.5) is 0 Å². The van der Waals surface area contributed by atoms with Crippen molar-refractivity contribution in [1.29, 1.82) is 0 Å². The summed E-state index contributed by atoms with van der Waals surface area (Å²) in [5, 5.41) is 6.91. The molecule has 23 heavy (non-hydrogen) atoms. The molecule has 0 aliphatic carbocycles. The maximum atomic E-state index is 5.83. The normalized spacial score (nSPS) is 27.3. The smallest absolute Gasteiger partial charge is 0.191 e. The zero-order chi connectivity index (χ0) is 16.5. The number of nitrogens with zero attached hydrogens (tertiary/aromatic N) is 2. The van der Waals surface area contributed by atoms with Gasteiger partial charge in [-0.2, -0.15) is 0 Å². The highest BCUT2D eigenvalue weighted by atomic mass is 16.5. The van der Waals surface area contributed by atoms with Gasteiger partial charge in [-0.1, -0.05) is 6.92 Å². The highest BCUT2D eigenvalue weighted by molar-refractivity contribution is 5.79. The number of aliphatic imine (C=N–C) groups is 1. The number of rotatable bonds is 7. The van der Waals surface area contributed by atoms with E-state index in [9.17, 15) is 0 Å². The van der Waals surface area contributed by atoms with Gasteiger partial charge in [0.25, 0.3) is 0 Å². The molecule has 2 fully saturated rings. The Bertz CT molecular complexity index is 358. The van der Waals surface area contributed by atoms with Crippen LogP contribution in [-0.2, 0) is 4.74 Å². The van der Waals surface area contributed by atoms with Gasteiger partial charge in [0.2, 0.25) is 0 Å². The first-order valence-electron chi connectivity index (χ1n) is 9.53. The quantitative estimate of drug-likeness (QED) is 0.557. The fraction of sp³-hybridized carbons (Fsp3) is 0.944. The number of nitrogens with one attached hydrogen (secondary N) is 2. The topological polar surface area (TPSA) is 48.9 Å². The van der Waals surface area contributed by atoms with Crippen LogP contribution in [0, 0.1) is 5.92 Å². The lowest BCUT2D eigenvalue weighted by Gasteiger charge is -2.32. The maximum absolute atomic E-state index is 5.83. The second-order valence-electron chi connectivity index (χ2n) is 7.26. The third-order valence-electron chi connectivity index (χ3n) is 5.02. The van der Waals surface area contributed by atoms with Crippen LogP contribution in [0.1, 0.15) is 52.9 Å². The first kappa shape index (κ1) is 18.5. The van der Waals surface area contributed by atoms with E-state index in [1.807, 2.05) is 0 Å². The average molecular weight is 325 g/mol. The lowest BCUT2D eigenvalue weighted by Crippen LogP contribution is -2.43. The molecule has 5 nitrogen and oxygen atoms in total. The summed E-state index contributed by atoms with van der Waals surface area (Å²) in [4.78, 5) is 7.35. The summed E-state index contributed by atoms with van der Waals surface area (Å²) in [5.74, 6) is 1.71. The summed E-state index contributed by atoms with van der Waals surface area (Å²) >= 11 is 0. The van der Waals surface area contributed by atoms with Crippen LogP contribution in [0.3, 0.4) is 0 Å². The Hall–Kier alpha value is -0.810. The molecule has 2 rings (SSSR count). The van der Waals surface area contributed by atoms with Crippen LogP contribution in [0.15, 0.2) is 4.99 Å². The number of hydrogen-bond donors (Lipinski definition) is 2. The molecule has 0 spiro atoms. The summed E-state index contributed by atoms with van der Waals surface area (Å²) in [6.45, 7) is 13.9. The molecule has 0 aromatic rings. The van der Waals surface area contributed by atoms with Gasteiger partial charge in [0, 0.05) is 19.7 Å². The average Bonchev–Trinajstić information content (AvgIpc) is 2.99. The van der Waals surface area contributed by atoms with Crippen LogP contribution in [0.2, 0.25) is 0 Å². The van der Waals surface area contributed by atoms with Crippen LogP contribution >= 0.6 is 0 Å². The molecule has 2 heterocycles. The molecule has 1 unspecified atom stereocenters. The SMILES string of the molecule is CCCN1CCC(CNC(=NCC2(C)CCCO2)NCC)CC1. The van der Waals surface area contributed by atoms with Crippen LogP contribution in [-0.4, -0.2) is 62.3 Å². The Kier molecular flexibility index (Phi) is 7.63. The molecular formula is C18H36N4O. The zero-order valence-electron chi connectivity index (χ0n) is 15.4. The van der Waals surface area contributed by atoms with Gasteiger partial charge in [-0.15, -0.1) is 0 Å². The molecule has 0 saturated carbocycles. The van der Waals surface area contributed by atoms with Gasteiger partial charge >= 0.3 is 0 Å². The summed E-state index contributed by atoms with van der Waals surface area (Å²) < 4.78 is 5.83. The first-order chi connectivity index (χ1) is 11.1. The van der Waals surface area contributed by atoms with Gasteiger partial charge in [-0.25, -0.2) is 0 Å². The minimum Gasteiger partial charge on any atom is -0.373 e. The standard InChI is InChI=1S/C18H36N4O/c1-4-10-22-11-7-16(8-12-22)14-20-17(19-5-2)21-15-18(3)9-6-13-23-18/h16H,4-15H2,1-3H3,(H2,19,20,21). The minimum absolute atomic E-state index is 0.0617. The van der Waals surface area contributed by atoms with Crippen molar-refractivity contribution in [3.63, 3.8) is 0 Å². The fourth-order valence-corrected chi connectivity index (χ4v) is 3.52. The van der Waals surface area contributed by atoms with Crippen molar-refractivity contribution >= 4 is 5.96 Å². The van der Waals surface area contributed by atoms with Crippen LogP contribution in [0.5, 0.6) is 0 Å². The van der Waals surface area contributed by atoms with Crippen LogP contribution < -0.4 is 10.6 Å². The van der Waals surface area contributed by atoms with Gasteiger partial charge in [-0.05, 0) is 71.5 Å². The summed E-state index contributed by atoms with van der Waals surface area (Å²) in [7, 11) is 0. The Balaban J connectivity index is 1.74. The Labute approximate surface area is 142 Å². The highest BCUT2D eigenvalue weighted by Crippen LogP contribution is 2.25. The monoisotopic (exact) mass is 324 g/mol. The predicted octanol–water partition coefficient (Wildman–Crippen LogP) is 2.23. The van der Waals surface area contributed by atoms with Crippen molar-refractivity contribution in [2.24, 2.45) is 10.9 Å². The van der Waals surface area contributed by atoms with E-state index in [1.54, 1.807) is 0 Å². The molecule has 5 heteroatoms. The fourth-order valence-electron chi connectivity index (χ4n) is 3.52. The molecule has 0 bridgehead atoms. The predicted molar refractivity (Wildman–Crippen MR) is 97.0 cm³/mol. The minimum atomic E-state index is -0.0617. The maximum Gasteiger partial charge on any atom is 0.191 e. The lowest BCUT2D eigenvalue weighted by atomic mass is 9.97. The molecule has 0 radical (unpaired) electrons. The van der Waals surface area contributed by atoms with Gasteiger partial charge in [0.05, 0.1) is 12.1 Å². The Morgan fingerprint density at radius 2 is 2.04 bits per heavy atom. The molecule has 2 N–H and O–H groups in total. The van der Waals surface area contributed by atoms with Crippen molar-refractivity contribution in [2.75, 3.05) is 45.9 Å². The van der Waals surface area contributed by atoms with E-state index in [0.717, 1.165) is 51.0 Å². The van der Waals surface area contributed by atoms with E-state index >= 15 is 0 Å². The number of hydrogen-bond acceptors (Lipinski definition) is 3. The van der Waals surface area contributed by atoms with Crippen molar-refractivity contribution < 1.29 is 4.74 Å². The molecule has 0 aromatic carbocycles. The first-order valence-corrected chi connectivity index (χ1v) is 9.53. The number of piperidine rings is 1. The summed E-state index contributed by atoms with van der Waals surface area (Å²) in [6, 6.07) is 0. The molecule has 2 aliphatic rings. The molecule has 134 valence electrons. The van der Waals surface area contributed by atoms with Crippen molar-refractivity contribution in [3.05, 3.63) is 0 Å². The number of ether oxygens (including phenoxy) is 1. The number of guanidine groups is 1. The van der Waals surface area contributed by atoms with E-state index in [2.05, 4.69) is 36.3 Å². The van der Waals surface area contributed by atoms with E-state index in [4.69, 9.17) is 9.73 Å². The van der Waals surface area contributed by atoms with Crippen molar-refractivity contribution in [1.82, 2.24) is 15.5 Å². The summed E-state index contributed by atoms with van der Waals surface area (Å²) in [5.41, 5.74) is -0.0617. The largest absolute Gasteiger partial charge is 0.373 e. The summed E-state index contributed by atoms with van der Waals surface area (Å²) in [6.07, 6.45) is 6.14. The molecule has 2 saturated heterocycles. The Morgan fingerprint density at radius 3 is 2.65 bits per heavy atom. The van der Waals surface area contributed by atoms with Gasteiger partial charge < -0.3 is 20.3 Å². The van der Waals surface area contributed by atoms with Crippen molar-refractivity contribution in [2.45, 2.75) is 58.5 Å². The van der Waals surface area contributed by atoms with E-state index in [0.29, 0.717) is 0 Å². The Morgan fingerprint density at radius 1 is 1.26 bits per heavy atom. The van der Waals surface area contributed by atoms with E-state index in [1.165, 1.54) is 38.9 Å². The third-order valence-corrected chi connectivity index (χ3v) is 5.02. The molecule has 2 aliphatic heterocycles. The molecule has 1 atom stereocenters. The van der Waals surface area contributed by atoms with Gasteiger partial charge in [0.1, 0.15) is 0 Å².